The van der Waals surface area contributed by atoms with Crippen molar-refractivity contribution in [2.75, 3.05) is 36.6 Å². The van der Waals surface area contributed by atoms with E-state index in [2.05, 4.69) is 16.8 Å². The van der Waals surface area contributed by atoms with E-state index in [-0.39, 0.29) is 11.7 Å². The molecule has 0 atom stereocenters. The van der Waals surface area contributed by atoms with Crippen molar-refractivity contribution in [3.8, 4) is 0 Å². The van der Waals surface area contributed by atoms with Crippen molar-refractivity contribution in [1.29, 1.82) is 0 Å². The first kappa shape index (κ1) is 22.3. The van der Waals surface area contributed by atoms with Crippen LogP contribution in [0.2, 0.25) is 0 Å². The van der Waals surface area contributed by atoms with Crippen LogP contribution in [0.1, 0.15) is 40.1 Å². The summed E-state index contributed by atoms with van der Waals surface area (Å²) in [5, 5.41) is 3.73. The number of halogens is 1. The number of thioether (sulfide) groups is 1. The van der Waals surface area contributed by atoms with Crippen molar-refractivity contribution < 1.29 is 9.59 Å². The van der Waals surface area contributed by atoms with Gasteiger partial charge in [-0.1, -0.05) is 37.3 Å². The fourth-order valence-electron chi connectivity index (χ4n) is 3.70. The van der Waals surface area contributed by atoms with Gasteiger partial charge in [0.15, 0.2) is 5.78 Å². The highest BCUT2D eigenvalue weighted by Gasteiger charge is 2.28. The number of thiophene rings is 1. The van der Waals surface area contributed by atoms with Crippen LogP contribution in [0.25, 0.3) is 0 Å². The van der Waals surface area contributed by atoms with Gasteiger partial charge in [0.1, 0.15) is 5.00 Å². The third-order valence-corrected chi connectivity index (χ3v) is 7.56. The van der Waals surface area contributed by atoms with Crippen LogP contribution in [-0.2, 0) is 17.0 Å². The number of hydrogen-bond acceptors (Lipinski definition) is 5. The molecule has 1 saturated heterocycles. The zero-order chi connectivity index (χ0) is 20.6. The average molecular weight is 451 g/mol. The number of carbonyl (C=O) groups is 2. The van der Waals surface area contributed by atoms with Crippen molar-refractivity contribution in [1.82, 2.24) is 4.90 Å². The lowest BCUT2D eigenvalue weighted by molar-refractivity contribution is -0.117. The Labute approximate surface area is 186 Å². The number of rotatable bonds is 8. The fourth-order valence-corrected chi connectivity index (χ4v) is 6.18. The number of likely N-dealkylation sites (tertiary alicyclic amines) is 1. The molecule has 3 heterocycles. The number of carbonyl (C=O) groups excluding carboxylic acids is 2. The molecule has 2 aliphatic rings. The quantitative estimate of drug-likeness (QED) is 0.260. The van der Waals surface area contributed by atoms with Crippen LogP contribution >= 0.6 is 34.7 Å². The van der Waals surface area contributed by atoms with Crippen LogP contribution in [-0.4, -0.2) is 47.9 Å². The summed E-state index contributed by atoms with van der Waals surface area (Å²) in [7, 11) is 0. The number of ketones is 1. The topological polar surface area (TPSA) is 49.4 Å². The van der Waals surface area contributed by atoms with Gasteiger partial charge in [-0.15, -0.1) is 22.9 Å². The lowest BCUT2D eigenvalue weighted by Gasteiger charge is -2.25. The van der Waals surface area contributed by atoms with Crippen molar-refractivity contribution in [2.24, 2.45) is 0 Å². The molecule has 156 valence electrons. The van der Waals surface area contributed by atoms with Gasteiger partial charge in [0, 0.05) is 22.1 Å². The van der Waals surface area contributed by atoms with E-state index in [0.717, 1.165) is 49.4 Å². The van der Waals surface area contributed by atoms with Crippen LogP contribution in [0.4, 0.5) is 5.00 Å². The van der Waals surface area contributed by atoms with Gasteiger partial charge >= 0.3 is 0 Å². The Balaban J connectivity index is 1.87. The van der Waals surface area contributed by atoms with Gasteiger partial charge in [0.25, 0.3) is 0 Å². The van der Waals surface area contributed by atoms with E-state index in [4.69, 9.17) is 11.6 Å². The highest BCUT2D eigenvalue weighted by molar-refractivity contribution is 7.98. The first-order valence-corrected chi connectivity index (χ1v) is 12.5. The summed E-state index contributed by atoms with van der Waals surface area (Å²) < 4.78 is 0. The van der Waals surface area contributed by atoms with E-state index in [1.807, 2.05) is 11.8 Å². The van der Waals surface area contributed by atoms with Gasteiger partial charge in [0.2, 0.25) is 5.91 Å². The Morgan fingerprint density at radius 1 is 1.24 bits per heavy atom. The SMILES string of the molecule is C=C/C=C(\C=C/CCl)C(=O)c1c(NC(=O)CN2CCCCC2)sc2c1CCSC2. The Bertz CT molecular complexity index is 823. The van der Waals surface area contributed by atoms with E-state index >= 15 is 0 Å². The minimum Gasteiger partial charge on any atom is -0.316 e. The molecule has 3 rings (SSSR count). The van der Waals surface area contributed by atoms with E-state index in [1.54, 1.807) is 35.6 Å². The molecule has 1 amide bonds. The maximum Gasteiger partial charge on any atom is 0.239 e. The smallest absolute Gasteiger partial charge is 0.239 e. The summed E-state index contributed by atoms with van der Waals surface area (Å²) in [6.07, 6.45) is 11.2. The largest absolute Gasteiger partial charge is 0.316 e. The van der Waals surface area contributed by atoms with Crippen molar-refractivity contribution >= 4 is 51.4 Å². The van der Waals surface area contributed by atoms with E-state index in [1.165, 1.54) is 11.3 Å². The van der Waals surface area contributed by atoms with Crippen LogP contribution in [0.5, 0.6) is 0 Å². The second-order valence-electron chi connectivity index (χ2n) is 7.14. The third kappa shape index (κ3) is 5.85. The maximum atomic E-state index is 13.4. The predicted octanol–water partition coefficient (Wildman–Crippen LogP) is 5.05. The highest BCUT2D eigenvalue weighted by Crippen LogP contribution is 2.40. The van der Waals surface area contributed by atoms with Crippen molar-refractivity contribution in [3.05, 3.63) is 52.5 Å². The van der Waals surface area contributed by atoms with Crippen LogP contribution in [0, 0.1) is 0 Å². The molecule has 0 unspecified atom stereocenters. The molecule has 7 heteroatoms. The number of anilines is 1. The van der Waals surface area contributed by atoms with Gasteiger partial charge in [-0.25, -0.2) is 0 Å². The number of fused-ring (bicyclic) bond motifs is 1. The van der Waals surface area contributed by atoms with Gasteiger partial charge in [-0.05, 0) is 43.7 Å². The number of hydrogen-bond donors (Lipinski definition) is 1. The van der Waals surface area contributed by atoms with Crippen LogP contribution < -0.4 is 5.32 Å². The van der Waals surface area contributed by atoms with Gasteiger partial charge in [-0.3, -0.25) is 14.5 Å². The molecule has 1 N–H and O–H groups in total. The molecule has 2 aliphatic heterocycles. The molecule has 1 aromatic rings. The Morgan fingerprint density at radius 3 is 2.76 bits per heavy atom. The molecule has 1 fully saturated rings. The minimum atomic E-state index is -0.0797. The van der Waals surface area contributed by atoms with E-state index in [9.17, 15) is 9.59 Å². The summed E-state index contributed by atoms with van der Waals surface area (Å²) in [5.41, 5.74) is 2.26. The third-order valence-electron chi connectivity index (χ3n) is 5.06. The molecular weight excluding hydrogens is 424 g/mol. The van der Waals surface area contributed by atoms with Crippen LogP contribution in [0.15, 0.2) is 36.5 Å². The lowest BCUT2D eigenvalue weighted by atomic mass is 9.98. The molecule has 0 saturated carbocycles. The molecule has 0 spiro atoms. The highest BCUT2D eigenvalue weighted by atomic mass is 35.5. The summed E-state index contributed by atoms with van der Waals surface area (Å²) in [5.74, 6) is 2.09. The van der Waals surface area contributed by atoms with Crippen molar-refractivity contribution in [2.45, 2.75) is 31.4 Å². The first-order chi connectivity index (χ1) is 14.1. The molecule has 4 nitrogen and oxygen atoms in total. The summed E-state index contributed by atoms with van der Waals surface area (Å²) in [4.78, 5) is 29.5. The van der Waals surface area contributed by atoms with Gasteiger partial charge in [0.05, 0.1) is 12.1 Å². The number of Topliss-reactive ketones (excluding diaryl/α,β-unsaturated/α-hetero) is 1. The normalized spacial score (nSPS) is 17.9. The molecule has 29 heavy (non-hydrogen) atoms. The molecule has 0 aromatic carbocycles. The molecule has 0 aliphatic carbocycles. The second-order valence-corrected chi connectivity index (χ2v) is 9.66. The second kappa shape index (κ2) is 11.2. The summed E-state index contributed by atoms with van der Waals surface area (Å²) in [6, 6.07) is 0. The molecule has 0 bridgehead atoms. The predicted molar refractivity (Wildman–Crippen MR) is 126 cm³/mol. The summed E-state index contributed by atoms with van der Waals surface area (Å²) in [6.45, 7) is 6.03. The van der Waals surface area contributed by atoms with E-state index in [0.29, 0.717) is 28.6 Å². The number of nitrogens with one attached hydrogen (secondary N) is 1. The zero-order valence-electron chi connectivity index (χ0n) is 16.5. The standard InChI is InChI=1S/C22H27ClN2O2S2/c1-2-7-16(8-6-10-23)21(27)20-17-9-13-28-15-18(17)29-22(20)24-19(26)14-25-11-4-3-5-12-25/h2,6-8H,1,3-5,9-15H2,(H,24,26)/b8-6-,16-7+. The van der Waals surface area contributed by atoms with E-state index < -0.39 is 0 Å². The van der Waals surface area contributed by atoms with Crippen LogP contribution in [0.3, 0.4) is 0 Å². The summed E-state index contributed by atoms with van der Waals surface area (Å²) >= 11 is 9.18. The minimum absolute atomic E-state index is 0.0437. The molecular formula is C22H27ClN2O2S2. The number of alkyl halides is 1. The lowest BCUT2D eigenvalue weighted by Crippen LogP contribution is -2.36. The Morgan fingerprint density at radius 2 is 2.03 bits per heavy atom. The molecule has 1 aromatic heterocycles. The Kier molecular flexibility index (Phi) is 8.60. The maximum absolute atomic E-state index is 13.4. The Hall–Kier alpha value is -1.34. The van der Waals surface area contributed by atoms with Gasteiger partial charge < -0.3 is 5.32 Å². The average Bonchev–Trinajstić information content (AvgIpc) is 3.08. The number of amides is 1. The number of allylic oxidation sites excluding steroid dienone is 5. The number of nitrogens with zero attached hydrogens (tertiary/aromatic N) is 1. The molecule has 0 radical (unpaired) electrons. The number of piperidine rings is 1. The van der Waals surface area contributed by atoms with Crippen molar-refractivity contribution in [3.63, 3.8) is 0 Å². The zero-order valence-corrected chi connectivity index (χ0v) is 18.9. The van der Waals surface area contributed by atoms with Gasteiger partial charge in [-0.2, -0.15) is 11.8 Å². The fraction of sp³-hybridized carbons (Fsp3) is 0.455. The first-order valence-electron chi connectivity index (χ1n) is 9.98. The monoisotopic (exact) mass is 450 g/mol.